The van der Waals surface area contributed by atoms with Gasteiger partial charge >= 0.3 is 0 Å². The molecule has 3 heteroatoms. The Hall–Kier alpha value is -1.09. The van der Waals surface area contributed by atoms with Gasteiger partial charge in [0, 0.05) is 25.2 Å². The number of carbonyl (C=O) groups excluding carboxylic acids is 1. The van der Waals surface area contributed by atoms with Crippen LogP contribution in [0, 0.1) is 0 Å². The summed E-state index contributed by atoms with van der Waals surface area (Å²) < 4.78 is 5.46. The minimum atomic E-state index is 0.385. The van der Waals surface area contributed by atoms with E-state index in [1.54, 1.807) is 0 Å². The van der Waals surface area contributed by atoms with E-state index in [0.717, 1.165) is 57.6 Å². The Bertz CT molecular complexity index is 430. The lowest BCUT2D eigenvalue weighted by Gasteiger charge is -2.34. The Labute approximate surface area is 121 Å². The molecule has 0 aromatic carbocycles. The topological polar surface area (TPSA) is 29.5 Å². The summed E-state index contributed by atoms with van der Waals surface area (Å²) in [4.78, 5) is 14.5. The molecule has 0 aromatic heterocycles. The molecule has 0 amide bonds. The van der Waals surface area contributed by atoms with E-state index in [9.17, 15) is 4.79 Å². The molecule has 1 heterocycles. The maximum absolute atomic E-state index is 12.0. The monoisotopic (exact) mass is 275 g/mol. The first kappa shape index (κ1) is 13.9. The van der Waals surface area contributed by atoms with Crippen molar-refractivity contribution in [1.82, 2.24) is 4.90 Å². The fraction of sp³-hybridized carbons (Fsp3) is 0.706. The first-order valence-electron chi connectivity index (χ1n) is 8.13. The molecular formula is C17H25NO2. The highest BCUT2D eigenvalue weighted by molar-refractivity contribution is 5.96. The Morgan fingerprint density at radius 2 is 1.60 bits per heavy atom. The summed E-state index contributed by atoms with van der Waals surface area (Å²) in [5, 5.41) is 0. The van der Waals surface area contributed by atoms with E-state index in [2.05, 4.69) is 11.0 Å². The Morgan fingerprint density at radius 3 is 2.40 bits per heavy atom. The predicted molar refractivity (Wildman–Crippen MR) is 79.4 cm³/mol. The molecule has 0 radical (unpaired) electrons. The summed E-state index contributed by atoms with van der Waals surface area (Å²) in [7, 11) is 0. The summed E-state index contributed by atoms with van der Waals surface area (Å²) >= 11 is 0. The number of morpholine rings is 1. The van der Waals surface area contributed by atoms with E-state index < -0.39 is 0 Å². The quantitative estimate of drug-likeness (QED) is 0.725. The molecular weight excluding hydrogens is 250 g/mol. The number of ketones is 1. The van der Waals surface area contributed by atoms with Gasteiger partial charge in [0.05, 0.1) is 13.2 Å². The maximum atomic E-state index is 12.0. The number of allylic oxidation sites excluding steroid dienone is 4. The summed E-state index contributed by atoms with van der Waals surface area (Å²) in [5.74, 6) is 0.385. The van der Waals surface area contributed by atoms with Gasteiger partial charge in [-0.25, -0.2) is 0 Å². The van der Waals surface area contributed by atoms with E-state index in [4.69, 9.17) is 4.74 Å². The number of rotatable bonds is 2. The van der Waals surface area contributed by atoms with Crippen LogP contribution in [0.25, 0.3) is 0 Å². The van der Waals surface area contributed by atoms with Crippen LogP contribution in [0.4, 0.5) is 0 Å². The summed E-state index contributed by atoms with van der Waals surface area (Å²) in [6.07, 6.45) is 11.1. The van der Waals surface area contributed by atoms with Crippen molar-refractivity contribution < 1.29 is 9.53 Å². The largest absolute Gasteiger partial charge is 0.378 e. The van der Waals surface area contributed by atoms with Crippen molar-refractivity contribution in [1.29, 1.82) is 0 Å². The second kappa shape index (κ2) is 6.57. The Kier molecular flexibility index (Phi) is 4.56. The highest BCUT2D eigenvalue weighted by Gasteiger charge is 2.21. The number of hydrogen-bond donors (Lipinski definition) is 0. The Morgan fingerprint density at radius 1 is 0.900 bits per heavy atom. The van der Waals surface area contributed by atoms with E-state index in [1.165, 1.54) is 37.0 Å². The van der Waals surface area contributed by atoms with Crippen molar-refractivity contribution in [2.24, 2.45) is 0 Å². The standard InChI is InChI=1S/C17H25NO2/c19-17-8-4-2-6-15(17)13-14-5-1-3-7-16(14)18-9-11-20-12-10-18/h13H,1-12H2. The molecule has 0 unspecified atom stereocenters. The normalized spacial score (nSPS) is 27.3. The number of Topliss-reactive ketones (excluding diaryl/α,β-unsaturated/α-hetero) is 1. The molecule has 2 aliphatic carbocycles. The third-order valence-corrected chi connectivity index (χ3v) is 4.68. The number of carbonyl (C=O) groups is 1. The van der Waals surface area contributed by atoms with Gasteiger partial charge < -0.3 is 9.64 Å². The van der Waals surface area contributed by atoms with Gasteiger partial charge in [-0.1, -0.05) is 6.08 Å². The first-order valence-corrected chi connectivity index (χ1v) is 8.13. The molecule has 2 fully saturated rings. The smallest absolute Gasteiger partial charge is 0.158 e. The first-order chi connectivity index (χ1) is 9.84. The van der Waals surface area contributed by atoms with Gasteiger partial charge in [0.25, 0.3) is 0 Å². The second-order valence-electron chi connectivity index (χ2n) is 6.08. The lowest BCUT2D eigenvalue weighted by molar-refractivity contribution is -0.116. The second-order valence-corrected chi connectivity index (χ2v) is 6.08. The zero-order valence-corrected chi connectivity index (χ0v) is 12.3. The molecule has 0 spiro atoms. The summed E-state index contributed by atoms with van der Waals surface area (Å²) in [5.41, 5.74) is 4.01. The van der Waals surface area contributed by atoms with Crippen LogP contribution >= 0.6 is 0 Å². The number of ether oxygens (including phenoxy) is 1. The predicted octanol–water partition coefficient (Wildman–Crippen LogP) is 3.22. The molecule has 0 N–H and O–H groups in total. The highest BCUT2D eigenvalue weighted by atomic mass is 16.5. The van der Waals surface area contributed by atoms with Crippen LogP contribution in [0.1, 0.15) is 51.4 Å². The van der Waals surface area contributed by atoms with Crippen LogP contribution < -0.4 is 0 Å². The molecule has 3 aliphatic rings. The van der Waals surface area contributed by atoms with Crippen LogP contribution in [0.2, 0.25) is 0 Å². The van der Waals surface area contributed by atoms with E-state index in [-0.39, 0.29) is 0 Å². The maximum Gasteiger partial charge on any atom is 0.158 e. The number of hydrogen-bond acceptors (Lipinski definition) is 3. The van der Waals surface area contributed by atoms with Crippen molar-refractivity contribution in [3.8, 4) is 0 Å². The van der Waals surface area contributed by atoms with Crippen molar-refractivity contribution in [3.05, 3.63) is 22.9 Å². The zero-order chi connectivity index (χ0) is 13.8. The SMILES string of the molecule is O=C1CCCCC1=CC1=C(N2CCOCC2)CCCC1. The molecule has 1 saturated heterocycles. The van der Waals surface area contributed by atoms with Gasteiger partial charge in [-0.3, -0.25) is 4.79 Å². The van der Waals surface area contributed by atoms with Crippen LogP contribution in [0.5, 0.6) is 0 Å². The number of nitrogens with zero attached hydrogens (tertiary/aromatic N) is 1. The molecule has 3 nitrogen and oxygen atoms in total. The van der Waals surface area contributed by atoms with Crippen molar-refractivity contribution >= 4 is 5.78 Å². The van der Waals surface area contributed by atoms with Crippen LogP contribution in [0.3, 0.4) is 0 Å². The van der Waals surface area contributed by atoms with E-state index in [1.807, 2.05) is 0 Å². The fourth-order valence-electron chi connectivity index (χ4n) is 3.53. The van der Waals surface area contributed by atoms with Crippen molar-refractivity contribution in [2.45, 2.75) is 51.4 Å². The lowest BCUT2D eigenvalue weighted by atomic mass is 9.88. The fourth-order valence-corrected chi connectivity index (χ4v) is 3.53. The van der Waals surface area contributed by atoms with Gasteiger partial charge in [0.15, 0.2) is 5.78 Å². The van der Waals surface area contributed by atoms with Crippen LogP contribution in [-0.4, -0.2) is 37.0 Å². The molecule has 1 saturated carbocycles. The minimum Gasteiger partial charge on any atom is -0.378 e. The average molecular weight is 275 g/mol. The third-order valence-electron chi connectivity index (χ3n) is 4.68. The van der Waals surface area contributed by atoms with Crippen molar-refractivity contribution in [3.63, 3.8) is 0 Å². The summed E-state index contributed by atoms with van der Waals surface area (Å²) in [6.45, 7) is 3.70. The molecule has 0 aromatic rings. The molecule has 110 valence electrons. The molecule has 0 bridgehead atoms. The van der Waals surface area contributed by atoms with E-state index >= 15 is 0 Å². The molecule has 0 atom stereocenters. The molecule has 20 heavy (non-hydrogen) atoms. The van der Waals surface area contributed by atoms with Gasteiger partial charge in [-0.05, 0) is 56.1 Å². The van der Waals surface area contributed by atoms with Crippen molar-refractivity contribution in [2.75, 3.05) is 26.3 Å². The van der Waals surface area contributed by atoms with Gasteiger partial charge in [-0.15, -0.1) is 0 Å². The lowest BCUT2D eigenvalue weighted by Crippen LogP contribution is -2.36. The van der Waals surface area contributed by atoms with Gasteiger partial charge in [0.2, 0.25) is 0 Å². The Balaban J connectivity index is 1.84. The molecule has 3 rings (SSSR count). The average Bonchev–Trinajstić information content (AvgIpc) is 2.51. The summed E-state index contributed by atoms with van der Waals surface area (Å²) in [6, 6.07) is 0. The van der Waals surface area contributed by atoms with Gasteiger partial charge in [-0.2, -0.15) is 0 Å². The minimum absolute atomic E-state index is 0.385. The highest BCUT2D eigenvalue weighted by Crippen LogP contribution is 2.31. The third kappa shape index (κ3) is 3.14. The zero-order valence-electron chi connectivity index (χ0n) is 12.3. The van der Waals surface area contributed by atoms with Crippen LogP contribution in [-0.2, 0) is 9.53 Å². The molecule has 1 aliphatic heterocycles. The van der Waals surface area contributed by atoms with E-state index in [0.29, 0.717) is 5.78 Å². The van der Waals surface area contributed by atoms with Crippen LogP contribution in [0.15, 0.2) is 22.9 Å². The van der Waals surface area contributed by atoms with Gasteiger partial charge in [0.1, 0.15) is 0 Å².